The molecule has 0 radical (unpaired) electrons. The largest absolute Gasteiger partial charge is 0.493 e. The van der Waals surface area contributed by atoms with E-state index in [4.69, 9.17) is 15.5 Å². The number of hydrogen-bond acceptors (Lipinski definition) is 6. The number of aliphatic hydroxyl groups excluding tert-OH is 1. The summed E-state index contributed by atoms with van der Waals surface area (Å²) in [7, 11) is 0. The van der Waals surface area contributed by atoms with E-state index in [1.807, 2.05) is 66.9 Å². The highest BCUT2D eigenvalue weighted by atomic mass is 16.5. The average molecular weight is 377 g/mol. The Hall–Kier alpha value is -3.03. The first kappa shape index (κ1) is 18.3. The van der Waals surface area contributed by atoms with Gasteiger partial charge in [-0.1, -0.05) is 19.9 Å². The molecule has 3 aromatic heterocycles. The number of rotatable bonds is 6. The molecule has 0 fully saturated rings. The zero-order chi connectivity index (χ0) is 19.7. The molecule has 144 valence electrons. The Morgan fingerprint density at radius 3 is 2.75 bits per heavy atom. The van der Waals surface area contributed by atoms with Crippen molar-refractivity contribution in [1.29, 1.82) is 0 Å². The minimum Gasteiger partial charge on any atom is -0.493 e. The number of aliphatic hydroxyl groups is 1. The van der Waals surface area contributed by atoms with E-state index in [0.29, 0.717) is 19.0 Å². The number of fused-ring (bicyclic) bond motifs is 2. The molecular formula is C21H23N5O2. The number of nitrogens with zero attached hydrogens (tertiary/aromatic N) is 4. The normalized spacial score (nSPS) is 12.0. The van der Waals surface area contributed by atoms with Gasteiger partial charge < -0.3 is 15.6 Å². The van der Waals surface area contributed by atoms with Gasteiger partial charge in [0.05, 0.1) is 18.7 Å². The lowest BCUT2D eigenvalue weighted by Gasteiger charge is -2.21. The fourth-order valence-electron chi connectivity index (χ4n) is 2.88. The van der Waals surface area contributed by atoms with Crippen molar-refractivity contribution >= 4 is 16.6 Å². The predicted molar refractivity (Wildman–Crippen MR) is 108 cm³/mol. The van der Waals surface area contributed by atoms with Crippen molar-refractivity contribution in [3.05, 3.63) is 54.2 Å². The Morgan fingerprint density at radius 2 is 1.96 bits per heavy atom. The third-order valence-electron chi connectivity index (χ3n) is 4.66. The Kier molecular flexibility index (Phi) is 4.70. The molecular weight excluding hydrogens is 354 g/mol. The van der Waals surface area contributed by atoms with Crippen LogP contribution in [-0.2, 0) is 6.54 Å². The molecule has 0 bridgehead atoms. The van der Waals surface area contributed by atoms with E-state index in [0.717, 1.165) is 33.6 Å². The third-order valence-corrected chi connectivity index (χ3v) is 4.66. The van der Waals surface area contributed by atoms with Crippen LogP contribution in [0.25, 0.3) is 28.1 Å². The molecule has 4 aromatic rings. The van der Waals surface area contributed by atoms with Crippen molar-refractivity contribution in [3.8, 4) is 17.3 Å². The van der Waals surface area contributed by atoms with E-state index in [1.54, 1.807) is 0 Å². The minimum atomic E-state index is -0.282. The van der Waals surface area contributed by atoms with Crippen LogP contribution in [0, 0.1) is 5.41 Å². The van der Waals surface area contributed by atoms with Gasteiger partial charge in [-0.05, 0) is 42.0 Å². The van der Waals surface area contributed by atoms with Crippen LogP contribution >= 0.6 is 0 Å². The van der Waals surface area contributed by atoms with Crippen LogP contribution in [0.15, 0.2) is 48.7 Å². The quantitative estimate of drug-likeness (QED) is 0.536. The molecule has 0 amide bonds. The highest BCUT2D eigenvalue weighted by Crippen LogP contribution is 2.25. The van der Waals surface area contributed by atoms with E-state index in [-0.39, 0.29) is 12.0 Å². The van der Waals surface area contributed by atoms with Gasteiger partial charge in [0.2, 0.25) is 0 Å². The standard InChI is InChI=1S/C21H23N5O2/c1-21(2,12-27)13-28-16-4-6-17-15(10-16)3-5-18(23-17)20-25-24-19-9-14(11-22)7-8-26(19)20/h3-10,27H,11-13,22H2,1-2H3. The summed E-state index contributed by atoms with van der Waals surface area (Å²) in [6, 6.07) is 13.6. The number of hydrogen-bond donors (Lipinski definition) is 2. The van der Waals surface area contributed by atoms with Crippen molar-refractivity contribution < 1.29 is 9.84 Å². The van der Waals surface area contributed by atoms with E-state index in [1.165, 1.54) is 0 Å². The van der Waals surface area contributed by atoms with Gasteiger partial charge >= 0.3 is 0 Å². The van der Waals surface area contributed by atoms with Crippen LogP contribution in [0.4, 0.5) is 0 Å². The summed E-state index contributed by atoms with van der Waals surface area (Å²) in [5.41, 5.74) is 8.76. The van der Waals surface area contributed by atoms with Crippen molar-refractivity contribution in [2.24, 2.45) is 11.1 Å². The maximum Gasteiger partial charge on any atom is 0.187 e. The second-order valence-corrected chi connectivity index (χ2v) is 7.65. The summed E-state index contributed by atoms with van der Waals surface area (Å²) in [4.78, 5) is 4.73. The molecule has 0 unspecified atom stereocenters. The Bertz CT molecular complexity index is 1140. The second-order valence-electron chi connectivity index (χ2n) is 7.65. The first-order chi connectivity index (χ1) is 13.5. The van der Waals surface area contributed by atoms with Crippen LogP contribution in [-0.4, -0.2) is 37.9 Å². The smallest absolute Gasteiger partial charge is 0.187 e. The number of pyridine rings is 2. The summed E-state index contributed by atoms with van der Waals surface area (Å²) in [6.07, 6.45) is 1.92. The zero-order valence-corrected chi connectivity index (χ0v) is 16.0. The van der Waals surface area contributed by atoms with Gasteiger partial charge in [-0.2, -0.15) is 0 Å². The van der Waals surface area contributed by atoms with Gasteiger partial charge in [-0.3, -0.25) is 4.40 Å². The summed E-state index contributed by atoms with van der Waals surface area (Å²) in [5, 5.41) is 18.9. The Labute approximate surface area is 162 Å². The maximum atomic E-state index is 9.36. The number of aromatic nitrogens is 4. The van der Waals surface area contributed by atoms with Crippen LogP contribution in [0.5, 0.6) is 5.75 Å². The second kappa shape index (κ2) is 7.18. The lowest BCUT2D eigenvalue weighted by Crippen LogP contribution is -2.25. The summed E-state index contributed by atoms with van der Waals surface area (Å²) in [6.45, 7) is 4.90. The van der Waals surface area contributed by atoms with E-state index in [2.05, 4.69) is 10.2 Å². The molecule has 4 rings (SSSR count). The molecule has 0 atom stereocenters. The number of ether oxygens (including phenoxy) is 1. The van der Waals surface area contributed by atoms with Crippen LogP contribution in [0.2, 0.25) is 0 Å². The summed E-state index contributed by atoms with van der Waals surface area (Å²) >= 11 is 0. The van der Waals surface area contributed by atoms with Crippen LogP contribution in [0.1, 0.15) is 19.4 Å². The lowest BCUT2D eigenvalue weighted by molar-refractivity contribution is 0.0976. The van der Waals surface area contributed by atoms with Gasteiger partial charge in [-0.15, -0.1) is 10.2 Å². The molecule has 0 aliphatic carbocycles. The molecule has 0 aliphatic heterocycles. The lowest BCUT2D eigenvalue weighted by atomic mass is 9.96. The predicted octanol–water partition coefficient (Wildman–Crippen LogP) is 2.80. The van der Waals surface area contributed by atoms with Gasteiger partial charge in [0.1, 0.15) is 11.4 Å². The highest BCUT2D eigenvalue weighted by molar-refractivity contribution is 5.82. The third kappa shape index (κ3) is 3.54. The van der Waals surface area contributed by atoms with E-state index < -0.39 is 0 Å². The van der Waals surface area contributed by atoms with E-state index >= 15 is 0 Å². The topological polar surface area (TPSA) is 98.6 Å². The zero-order valence-electron chi connectivity index (χ0n) is 16.0. The van der Waals surface area contributed by atoms with Gasteiger partial charge in [0.25, 0.3) is 0 Å². The SMILES string of the molecule is CC(C)(CO)COc1ccc2nc(-c3nnc4cc(CN)ccn34)ccc2c1. The molecule has 7 nitrogen and oxygen atoms in total. The molecule has 0 spiro atoms. The van der Waals surface area contributed by atoms with Crippen LogP contribution in [0.3, 0.4) is 0 Å². The van der Waals surface area contributed by atoms with E-state index in [9.17, 15) is 5.11 Å². The molecule has 28 heavy (non-hydrogen) atoms. The molecule has 0 saturated heterocycles. The van der Waals surface area contributed by atoms with Gasteiger partial charge in [-0.25, -0.2) is 4.98 Å². The molecule has 3 heterocycles. The summed E-state index contributed by atoms with van der Waals surface area (Å²) < 4.78 is 7.73. The van der Waals surface area contributed by atoms with Crippen molar-refractivity contribution in [2.75, 3.05) is 13.2 Å². The monoisotopic (exact) mass is 377 g/mol. The fraction of sp³-hybridized carbons (Fsp3) is 0.286. The van der Waals surface area contributed by atoms with Crippen molar-refractivity contribution in [3.63, 3.8) is 0 Å². The minimum absolute atomic E-state index is 0.0740. The maximum absolute atomic E-state index is 9.36. The molecule has 1 aromatic carbocycles. The Morgan fingerprint density at radius 1 is 1.11 bits per heavy atom. The van der Waals surface area contributed by atoms with Gasteiger partial charge in [0, 0.05) is 23.5 Å². The first-order valence-electron chi connectivity index (χ1n) is 9.18. The molecule has 3 N–H and O–H groups in total. The first-order valence-corrected chi connectivity index (χ1v) is 9.18. The molecule has 0 saturated carbocycles. The molecule has 0 aliphatic rings. The van der Waals surface area contributed by atoms with Gasteiger partial charge in [0.15, 0.2) is 11.5 Å². The van der Waals surface area contributed by atoms with Crippen LogP contribution < -0.4 is 10.5 Å². The Balaban J connectivity index is 1.64. The summed E-state index contributed by atoms with van der Waals surface area (Å²) in [5.74, 6) is 1.44. The molecule has 7 heteroatoms. The number of benzene rings is 1. The fourth-order valence-corrected chi connectivity index (χ4v) is 2.88. The van der Waals surface area contributed by atoms with Crippen molar-refractivity contribution in [1.82, 2.24) is 19.6 Å². The highest BCUT2D eigenvalue weighted by Gasteiger charge is 2.17. The van der Waals surface area contributed by atoms with Crippen molar-refractivity contribution in [2.45, 2.75) is 20.4 Å². The number of nitrogens with two attached hydrogens (primary N) is 1. The average Bonchev–Trinajstić information content (AvgIpc) is 3.15.